The van der Waals surface area contributed by atoms with E-state index in [2.05, 4.69) is 24.1 Å². The van der Waals surface area contributed by atoms with Crippen molar-refractivity contribution >= 4 is 0 Å². The van der Waals surface area contributed by atoms with Crippen LogP contribution in [0.4, 0.5) is 0 Å². The number of rotatable bonds is 4. The first-order chi connectivity index (χ1) is 8.75. The highest BCUT2D eigenvalue weighted by Crippen LogP contribution is 2.25. The molecule has 1 unspecified atom stereocenters. The Morgan fingerprint density at radius 1 is 1.06 bits per heavy atom. The average molecular weight is 252 g/mol. The van der Waals surface area contributed by atoms with Crippen LogP contribution in [0.1, 0.15) is 52.4 Å². The molecule has 106 valence electrons. The minimum atomic E-state index is 0.884. The summed E-state index contributed by atoms with van der Waals surface area (Å²) in [7, 11) is 0. The van der Waals surface area contributed by atoms with E-state index in [4.69, 9.17) is 0 Å². The maximum absolute atomic E-state index is 3.47. The smallest absolute Gasteiger partial charge is 0.00160 e. The Labute approximate surface area is 114 Å². The van der Waals surface area contributed by atoms with E-state index in [1.165, 1.54) is 71.2 Å². The van der Waals surface area contributed by atoms with Gasteiger partial charge >= 0.3 is 0 Å². The Morgan fingerprint density at radius 3 is 2.56 bits per heavy atom. The Kier molecular flexibility index (Phi) is 5.97. The van der Waals surface area contributed by atoms with E-state index in [-0.39, 0.29) is 0 Å². The van der Waals surface area contributed by atoms with E-state index in [1.807, 2.05) is 0 Å². The van der Waals surface area contributed by atoms with Crippen molar-refractivity contribution in [1.29, 1.82) is 0 Å². The molecule has 0 aliphatic carbocycles. The minimum absolute atomic E-state index is 0.884. The third kappa shape index (κ3) is 4.55. The van der Waals surface area contributed by atoms with Gasteiger partial charge in [0.2, 0.25) is 0 Å². The Hall–Kier alpha value is -0.0800. The summed E-state index contributed by atoms with van der Waals surface area (Å²) in [6.45, 7) is 11.4. The van der Waals surface area contributed by atoms with Crippen molar-refractivity contribution in [3.8, 4) is 0 Å². The van der Waals surface area contributed by atoms with Crippen LogP contribution in [0.3, 0.4) is 0 Å². The van der Waals surface area contributed by atoms with Gasteiger partial charge in [-0.3, -0.25) is 0 Å². The van der Waals surface area contributed by atoms with Crippen molar-refractivity contribution in [2.45, 2.75) is 52.4 Å². The van der Waals surface area contributed by atoms with Crippen LogP contribution in [0, 0.1) is 17.8 Å². The van der Waals surface area contributed by atoms with E-state index in [0.717, 1.165) is 17.8 Å². The third-order valence-electron chi connectivity index (χ3n) is 5.12. The van der Waals surface area contributed by atoms with Crippen molar-refractivity contribution in [3.05, 3.63) is 0 Å². The van der Waals surface area contributed by atoms with Crippen LogP contribution >= 0.6 is 0 Å². The van der Waals surface area contributed by atoms with Gasteiger partial charge in [-0.05, 0) is 89.0 Å². The molecule has 2 aliphatic rings. The van der Waals surface area contributed by atoms with E-state index in [0.29, 0.717) is 0 Å². The monoisotopic (exact) mass is 252 g/mol. The molecular formula is C16H32N2. The first-order valence-electron chi connectivity index (χ1n) is 8.19. The molecule has 2 heterocycles. The summed E-state index contributed by atoms with van der Waals surface area (Å²) in [5, 5.41) is 3.47. The summed E-state index contributed by atoms with van der Waals surface area (Å²) in [5.41, 5.74) is 0. The molecule has 2 heteroatoms. The largest absolute Gasteiger partial charge is 0.317 e. The van der Waals surface area contributed by atoms with Crippen LogP contribution in [0.25, 0.3) is 0 Å². The van der Waals surface area contributed by atoms with Crippen LogP contribution in [0.15, 0.2) is 0 Å². The fourth-order valence-corrected chi connectivity index (χ4v) is 3.61. The zero-order valence-electron chi connectivity index (χ0n) is 12.5. The average Bonchev–Trinajstić information content (AvgIpc) is 2.63. The van der Waals surface area contributed by atoms with Crippen LogP contribution in [0.5, 0.6) is 0 Å². The molecular weight excluding hydrogens is 220 g/mol. The highest BCUT2D eigenvalue weighted by molar-refractivity contribution is 4.74. The number of nitrogens with zero attached hydrogens (tertiary/aromatic N) is 1. The van der Waals surface area contributed by atoms with Crippen LogP contribution in [-0.4, -0.2) is 37.6 Å². The van der Waals surface area contributed by atoms with Crippen LogP contribution in [-0.2, 0) is 0 Å². The van der Waals surface area contributed by atoms with Crippen LogP contribution < -0.4 is 5.32 Å². The normalized spacial score (nSPS) is 28.5. The lowest BCUT2D eigenvalue weighted by molar-refractivity contribution is 0.236. The van der Waals surface area contributed by atoms with E-state index in [9.17, 15) is 0 Å². The van der Waals surface area contributed by atoms with Gasteiger partial charge in [0.15, 0.2) is 0 Å². The molecule has 0 aromatic rings. The number of piperidine rings is 1. The second-order valence-corrected chi connectivity index (χ2v) is 6.76. The molecule has 0 spiro atoms. The van der Waals surface area contributed by atoms with Gasteiger partial charge in [-0.15, -0.1) is 0 Å². The van der Waals surface area contributed by atoms with E-state index < -0.39 is 0 Å². The van der Waals surface area contributed by atoms with Gasteiger partial charge in [0.1, 0.15) is 0 Å². The Morgan fingerprint density at radius 2 is 1.83 bits per heavy atom. The molecule has 2 rings (SSSR count). The fraction of sp³-hybridized carbons (Fsp3) is 1.00. The van der Waals surface area contributed by atoms with Crippen molar-refractivity contribution in [1.82, 2.24) is 10.2 Å². The molecule has 0 bridgehead atoms. The van der Waals surface area contributed by atoms with Gasteiger partial charge in [0.25, 0.3) is 0 Å². The number of likely N-dealkylation sites (tertiary alicyclic amines) is 1. The summed E-state index contributed by atoms with van der Waals surface area (Å²) in [5.74, 6) is 2.86. The number of hydrogen-bond donors (Lipinski definition) is 1. The SMILES string of the molecule is CC(C)C1CCCN(CCC2CCNCC2)CC1. The van der Waals surface area contributed by atoms with E-state index >= 15 is 0 Å². The van der Waals surface area contributed by atoms with Gasteiger partial charge in [-0.2, -0.15) is 0 Å². The lowest BCUT2D eigenvalue weighted by Gasteiger charge is -2.26. The van der Waals surface area contributed by atoms with E-state index in [1.54, 1.807) is 0 Å². The molecule has 0 aromatic heterocycles. The van der Waals surface area contributed by atoms with Gasteiger partial charge in [-0.25, -0.2) is 0 Å². The maximum Gasteiger partial charge on any atom is -0.00160 e. The molecule has 1 N–H and O–H groups in total. The topological polar surface area (TPSA) is 15.3 Å². The highest BCUT2D eigenvalue weighted by Gasteiger charge is 2.20. The third-order valence-corrected chi connectivity index (χ3v) is 5.12. The molecule has 0 radical (unpaired) electrons. The molecule has 2 fully saturated rings. The van der Waals surface area contributed by atoms with Gasteiger partial charge in [0, 0.05) is 0 Å². The van der Waals surface area contributed by atoms with Gasteiger partial charge in [-0.1, -0.05) is 13.8 Å². The Balaban J connectivity index is 1.66. The summed E-state index contributed by atoms with van der Waals surface area (Å²) in [4.78, 5) is 2.74. The first kappa shape index (κ1) is 14.3. The molecule has 18 heavy (non-hydrogen) atoms. The van der Waals surface area contributed by atoms with Crippen molar-refractivity contribution in [2.24, 2.45) is 17.8 Å². The van der Waals surface area contributed by atoms with Gasteiger partial charge in [0.05, 0.1) is 0 Å². The lowest BCUT2D eigenvalue weighted by atomic mass is 9.89. The number of nitrogens with one attached hydrogen (secondary N) is 1. The molecule has 2 saturated heterocycles. The predicted octanol–water partition coefficient (Wildman–Crippen LogP) is 3.13. The maximum atomic E-state index is 3.47. The summed E-state index contributed by atoms with van der Waals surface area (Å²) >= 11 is 0. The quantitative estimate of drug-likeness (QED) is 0.827. The standard InChI is InChI=1S/C16H32N2/c1-14(2)16-4-3-11-18(13-8-16)12-7-15-5-9-17-10-6-15/h14-17H,3-13H2,1-2H3. The summed E-state index contributed by atoms with van der Waals surface area (Å²) in [6, 6.07) is 0. The number of hydrogen-bond acceptors (Lipinski definition) is 2. The second-order valence-electron chi connectivity index (χ2n) is 6.76. The van der Waals surface area contributed by atoms with Crippen molar-refractivity contribution in [3.63, 3.8) is 0 Å². The van der Waals surface area contributed by atoms with Crippen molar-refractivity contribution < 1.29 is 0 Å². The molecule has 1 atom stereocenters. The van der Waals surface area contributed by atoms with Crippen molar-refractivity contribution in [2.75, 3.05) is 32.7 Å². The summed E-state index contributed by atoms with van der Waals surface area (Å²) in [6.07, 6.45) is 8.57. The van der Waals surface area contributed by atoms with Crippen LogP contribution in [0.2, 0.25) is 0 Å². The minimum Gasteiger partial charge on any atom is -0.317 e. The summed E-state index contributed by atoms with van der Waals surface area (Å²) < 4.78 is 0. The fourth-order valence-electron chi connectivity index (χ4n) is 3.61. The first-order valence-corrected chi connectivity index (χ1v) is 8.19. The molecule has 0 amide bonds. The zero-order chi connectivity index (χ0) is 12.8. The lowest BCUT2D eigenvalue weighted by Crippen LogP contribution is -2.32. The molecule has 2 aliphatic heterocycles. The highest BCUT2D eigenvalue weighted by atomic mass is 15.1. The Bertz CT molecular complexity index is 221. The molecule has 2 nitrogen and oxygen atoms in total. The molecule has 0 saturated carbocycles. The predicted molar refractivity (Wildman–Crippen MR) is 78.8 cm³/mol. The zero-order valence-corrected chi connectivity index (χ0v) is 12.5. The second kappa shape index (κ2) is 7.49. The van der Waals surface area contributed by atoms with Gasteiger partial charge < -0.3 is 10.2 Å². The molecule has 0 aromatic carbocycles.